The van der Waals surface area contributed by atoms with E-state index in [4.69, 9.17) is 4.98 Å². The summed E-state index contributed by atoms with van der Waals surface area (Å²) in [6.45, 7) is 8.43. The number of thiazole rings is 1. The average molecular weight is 451 g/mol. The number of hydrogen-bond donors (Lipinski definition) is 1. The predicted octanol–water partition coefficient (Wildman–Crippen LogP) is 6.49. The summed E-state index contributed by atoms with van der Waals surface area (Å²) in [6.07, 6.45) is 3.27. The van der Waals surface area contributed by atoms with Crippen molar-refractivity contribution in [1.29, 1.82) is 0 Å². The lowest BCUT2D eigenvalue weighted by Crippen LogP contribution is -2.14. The smallest absolute Gasteiger partial charge is 0.276 e. The summed E-state index contributed by atoms with van der Waals surface area (Å²) in [7, 11) is 0. The number of benzene rings is 1. The monoisotopic (exact) mass is 450 g/mol. The third-order valence-corrected chi connectivity index (χ3v) is 8.11. The van der Waals surface area contributed by atoms with E-state index in [1.807, 2.05) is 29.8 Å². The molecule has 7 heteroatoms. The molecule has 5 nitrogen and oxygen atoms in total. The van der Waals surface area contributed by atoms with E-state index in [2.05, 4.69) is 43.3 Å². The molecule has 0 bridgehead atoms. The molecule has 1 aliphatic carbocycles. The van der Waals surface area contributed by atoms with Gasteiger partial charge in [-0.2, -0.15) is 5.10 Å². The van der Waals surface area contributed by atoms with Gasteiger partial charge in [0, 0.05) is 22.2 Å². The molecule has 0 radical (unpaired) electrons. The normalized spacial score (nSPS) is 16.1. The van der Waals surface area contributed by atoms with Gasteiger partial charge >= 0.3 is 0 Å². The number of carbonyl (C=O) groups excluding carboxylic acids is 1. The van der Waals surface area contributed by atoms with Crippen LogP contribution in [0.25, 0.3) is 20.8 Å². The highest BCUT2D eigenvalue weighted by Gasteiger charge is 2.28. The van der Waals surface area contributed by atoms with E-state index in [1.54, 1.807) is 22.7 Å². The Kier molecular flexibility index (Phi) is 5.18. The minimum atomic E-state index is -0.156. The van der Waals surface area contributed by atoms with Crippen molar-refractivity contribution < 1.29 is 4.79 Å². The number of aryl methyl sites for hydroxylation is 1. The Morgan fingerprint density at radius 3 is 2.81 bits per heavy atom. The van der Waals surface area contributed by atoms with Crippen LogP contribution >= 0.6 is 22.7 Å². The quantitative estimate of drug-likeness (QED) is 0.387. The summed E-state index contributed by atoms with van der Waals surface area (Å²) in [5, 5.41) is 9.62. The molecule has 160 valence electrons. The zero-order valence-corrected chi connectivity index (χ0v) is 19.9. The molecule has 31 heavy (non-hydrogen) atoms. The van der Waals surface area contributed by atoms with Gasteiger partial charge in [0.05, 0.1) is 10.2 Å². The van der Waals surface area contributed by atoms with Crippen molar-refractivity contribution >= 4 is 43.8 Å². The first kappa shape index (κ1) is 20.4. The van der Waals surface area contributed by atoms with E-state index in [9.17, 15) is 4.79 Å². The molecule has 4 aromatic rings. The van der Waals surface area contributed by atoms with Gasteiger partial charge in [-0.3, -0.25) is 9.48 Å². The summed E-state index contributed by atoms with van der Waals surface area (Å²) < 4.78 is 3.06. The summed E-state index contributed by atoms with van der Waals surface area (Å²) in [4.78, 5) is 19.4. The fourth-order valence-corrected chi connectivity index (χ4v) is 6.85. The molecular weight excluding hydrogens is 424 g/mol. The van der Waals surface area contributed by atoms with Crippen LogP contribution < -0.4 is 5.32 Å². The molecular formula is C24H26N4OS2. The lowest BCUT2D eigenvalue weighted by molar-refractivity contribution is 0.102. The van der Waals surface area contributed by atoms with Crippen LogP contribution in [0.3, 0.4) is 0 Å². The molecule has 1 N–H and O–H groups in total. The number of hydrogen-bond acceptors (Lipinski definition) is 5. The Morgan fingerprint density at radius 2 is 2.06 bits per heavy atom. The second kappa shape index (κ2) is 7.88. The number of aromatic nitrogens is 3. The van der Waals surface area contributed by atoms with Gasteiger partial charge in [-0.05, 0) is 69.7 Å². The first-order valence-electron chi connectivity index (χ1n) is 10.8. The summed E-state index contributed by atoms with van der Waals surface area (Å²) in [5.41, 5.74) is 4.94. The van der Waals surface area contributed by atoms with Crippen LogP contribution in [0.5, 0.6) is 0 Å². The molecule has 0 fully saturated rings. The summed E-state index contributed by atoms with van der Waals surface area (Å²) in [6, 6.07) is 10.3. The first-order valence-corrected chi connectivity index (χ1v) is 12.4. The van der Waals surface area contributed by atoms with Crippen molar-refractivity contribution in [3.63, 3.8) is 0 Å². The summed E-state index contributed by atoms with van der Waals surface area (Å²) >= 11 is 3.41. The largest absolute Gasteiger partial charge is 0.312 e. The maximum atomic E-state index is 13.1. The molecule has 1 atom stereocenters. The Labute approximate surface area is 190 Å². The third kappa shape index (κ3) is 3.70. The number of thiophene rings is 1. The maximum absolute atomic E-state index is 13.1. The van der Waals surface area contributed by atoms with Crippen molar-refractivity contribution in [3.05, 3.63) is 52.2 Å². The highest BCUT2D eigenvalue weighted by molar-refractivity contribution is 7.23. The van der Waals surface area contributed by atoms with Gasteiger partial charge in [-0.15, -0.1) is 22.7 Å². The molecule has 1 aromatic carbocycles. The third-order valence-electron chi connectivity index (χ3n) is 5.89. The van der Waals surface area contributed by atoms with Gasteiger partial charge in [0.15, 0.2) is 5.69 Å². The fourth-order valence-electron chi connectivity index (χ4n) is 4.33. The highest BCUT2D eigenvalue weighted by Crippen LogP contribution is 2.47. The van der Waals surface area contributed by atoms with Gasteiger partial charge in [0.25, 0.3) is 5.91 Å². The molecule has 1 aliphatic rings. The Balaban J connectivity index is 1.56. The maximum Gasteiger partial charge on any atom is 0.276 e. The van der Waals surface area contributed by atoms with Gasteiger partial charge in [0.2, 0.25) is 0 Å². The van der Waals surface area contributed by atoms with Crippen LogP contribution in [0.4, 0.5) is 5.00 Å². The minimum absolute atomic E-state index is 0.156. The van der Waals surface area contributed by atoms with Crippen molar-refractivity contribution in [3.8, 4) is 10.6 Å². The number of nitrogens with zero attached hydrogens (tertiary/aromatic N) is 3. The van der Waals surface area contributed by atoms with Gasteiger partial charge < -0.3 is 5.32 Å². The molecule has 0 saturated heterocycles. The number of nitrogens with one attached hydrogen (secondary N) is 1. The molecule has 1 unspecified atom stereocenters. The van der Waals surface area contributed by atoms with E-state index in [1.165, 1.54) is 21.6 Å². The first-order chi connectivity index (χ1) is 14.9. The van der Waals surface area contributed by atoms with E-state index < -0.39 is 0 Å². The molecule has 5 rings (SSSR count). The number of para-hydroxylation sites is 1. The average Bonchev–Trinajstić information content (AvgIpc) is 3.41. The Morgan fingerprint density at radius 1 is 1.26 bits per heavy atom. The van der Waals surface area contributed by atoms with Crippen LogP contribution in [0.2, 0.25) is 0 Å². The SMILES string of the molecule is Cc1cc(C(=O)Nc2sc3c(c2-c2nc4ccccc4s2)CCC(C)C3)nn1C(C)C. The van der Waals surface area contributed by atoms with Crippen LogP contribution in [0.1, 0.15) is 59.9 Å². The minimum Gasteiger partial charge on any atom is -0.312 e. The van der Waals surface area contributed by atoms with E-state index in [-0.39, 0.29) is 11.9 Å². The van der Waals surface area contributed by atoms with Crippen LogP contribution in [-0.2, 0) is 12.8 Å². The molecule has 3 aromatic heterocycles. The number of fused-ring (bicyclic) bond motifs is 2. The lowest BCUT2D eigenvalue weighted by Gasteiger charge is -2.18. The van der Waals surface area contributed by atoms with E-state index in [0.717, 1.165) is 39.6 Å². The second-order valence-corrected chi connectivity index (χ2v) is 10.8. The number of carbonyl (C=O) groups is 1. The second-order valence-electron chi connectivity index (χ2n) is 8.71. The van der Waals surface area contributed by atoms with Crippen LogP contribution in [0.15, 0.2) is 30.3 Å². The predicted molar refractivity (Wildman–Crippen MR) is 129 cm³/mol. The van der Waals surface area contributed by atoms with E-state index >= 15 is 0 Å². The zero-order chi connectivity index (χ0) is 21.7. The van der Waals surface area contributed by atoms with Crippen LogP contribution in [-0.4, -0.2) is 20.7 Å². The molecule has 1 amide bonds. The standard InChI is InChI=1S/C24H26N4OS2/c1-13(2)28-15(4)12-18(27-28)22(29)26-24-21(16-10-9-14(3)11-20(16)31-24)23-25-17-7-5-6-8-19(17)30-23/h5-8,12-14H,9-11H2,1-4H3,(H,26,29). The molecule has 0 spiro atoms. The lowest BCUT2D eigenvalue weighted by atomic mass is 9.88. The van der Waals surface area contributed by atoms with Crippen LogP contribution in [0, 0.1) is 12.8 Å². The number of amides is 1. The Bertz CT molecular complexity index is 1250. The van der Waals surface area contributed by atoms with Gasteiger partial charge in [-0.1, -0.05) is 19.1 Å². The molecule has 3 heterocycles. The number of rotatable bonds is 4. The zero-order valence-electron chi connectivity index (χ0n) is 18.2. The number of anilines is 1. The van der Waals surface area contributed by atoms with Crippen molar-refractivity contribution in [2.45, 2.75) is 53.0 Å². The van der Waals surface area contributed by atoms with E-state index in [0.29, 0.717) is 11.6 Å². The fraction of sp³-hybridized carbons (Fsp3) is 0.375. The summed E-state index contributed by atoms with van der Waals surface area (Å²) in [5.74, 6) is 0.513. The highest BCUT2D eigenvalue weighted by atomic mass is 32.1. The molecule has 0 saturated carbocycles. The van der Waals surface area contributed by atoms with Gasteiger partial charge in [-0.25, -0.2) is 4.98 Å². The van der Waals surface area contributed by atoms with Crippen molar-refractivity contribution in [1.82, 2.24) is 14.8 Å². The Hall–Kier alpha value is -2.51. The topological polar surface area (TPSA) is 59.8 Å². The van der Waals surface area contributed by atoms with Crippen molar-refractivity contribution in [2.75, 3.05) is 5.32 Å². The molecule has 0 aliphatic heterocycles. The van der Waals surface area contributed by atoms with Gasteiger partial charge in [0.1, 0.15) is 10.0 Å². The van der Waals surface area contributed by atoms with Crippen molar-refractivity contribution in [2.24, 2.45) is 5.92 Å².